The Bertz CT molecular complexity index is 547. The largest absolute Gasteiger partial charge is 0.480 e. The predicted molar refractivity (Wildman–Crippen MR) is 99.4 cm³/mol. The molecule has 0 aromatic carbocycles. The molecular formula is C18H31N3O7. The number of ether oxygens (including phenoxy) is 1. The molecule has 0 aromatic heterocycles. The van der Waals surface area contributed by atoms with Crippen molar-refractivity contribution in [2.45, 2.75) is 57.1 Å². The maximum Gasteiger partial charge on any atom is 0.326 e. The zero-order valence-corrected chi connectivity index (χ0v) is 16.3. The fourth-order valence-electron chi connectivity index (χ4n) is 3.34. The van der Waals surface area contributed by atoms with Gasteiger partial charge in [-0.2, -0.15) is 0 Å². The van der Waals surface area contributed by atoms with Crippen LogP contribution in [0.25, 0.3) is 0 Å². The summed E-state index contributed by atoms with van der Waals surface area (Å²) in [5.74, 6) is -3.87. The third-order valence-electron chi connectivity index (χ3n) is 4.91. The summed E-state index contributed by atoms with van der Waals surface area (Å²) in [6.45, 7) is -0.677. The number of carboxylic acid groups (broad SMARTS) is 2. The first-order valence-corrected chi connectivity index (χ1v) is 9.54. The van der Waals surface area contributed by atoms with Crippen LogP contribution in [0.3, 0.4) is 0 Å². The number of methoxy groups -OCH3 is 1. The molecule has 28 heavy (non-hydrogen) atoms. The summed E-state index contributed by atoms with van der Waals surface area (Å²) in [5.41, 5.74) is 5.38. The maximum absolute atomic E-state index is 12.7. The van der Waals surface area contributed by atoms with Crippen molar-refractivity contribution in [2.75, 3.05) is 26.7 Å². The molecule has 2 amide bonds. The number of aliphatic carboxylic acids is 2. The molecule has 1 rings (SSSR count). The predicted octanol–water partition coefficient (Wildman–Crippen LogP) is -0.197. The zero-order valence-electron chi connectivity index (χ0n) is 16.3. The van der Waals surface area contributed by atoms with Gasteiger partial charge in [0.25, 0.3) is 0 Å². The molecule has 1 aliphatic carbocycles. The van der Waals surface area contributed by atoms with E-state index in [1.807, 2.05) is 0 Å². The van der Waals surface area contributed by atoms with Crippen molar-refractivity contribution in [3.05, 3.63) is 0 Å². The normalized spacial score (nSPS) is 20.2. The van der Waals surface area contributed by atoms with Gasteiger partial charge in [-0.05, 0) is 51.5 Å². The van der Waals surface area contributed by atoms with Crippen LogP contribution in [-0.4, -0.2) is 77.8 Å². The van der Waals surface area contributed by atoms with Crippen LogP contribution < -0.4 is 11.1 Å². The summed E-state index contributed by atoms with van der Waals surface area (Å²) >= 11 is 0. The smallest absolute Gasteiger partial charge is 0.326 e. The molecule has 1 saturated carbocycles. The lowest BCUT2D eigenvalue weighted by atomic mass is 9.86. The lowest BCUT2D eigenvalue weighted by molar-refractivity contribution is -0.149. The minimum absolute atomic E-state index is 0.0881. The SMILES string of the molecule is COC1CCC(C(=O)N(CC(=O)O)CC(=O)N[C@H](CCCCN)C(=O)O)CC1. The Hall–Kier alpha value is -2.20. The van der Waals surface area contributed by atoms with Gasteiger partial charge in [0.15, 0.2) is 0 Å². The Kier molecular flexibility index (Phi) is 10.5. The molecule has 1 atom stereocenters. The minimum atomic E-state index is -1.23. The van der Waals surface area contributed by atoms with Gasteiger partial charge in [-0.3, -0.25) is 14.4 Å². The number of nitrogens with one attached hydrogen (secondary N) is 1. The number of carbonyl (C=O) groups excluding carboxylic acids is 2. The van der Waals surface area contributed by atoms with Crippen molar-refractivity contribution in [3.63, 3.8) is 0 Å². The second-order valence-electron chi connectivity index (χ2n) is 7.04. The second kappa shape index (κ2) is 12.3. The molecule has 0 saturated heterocycles. The van der Waals surface area contributed by atoms with Crippen LogP contribution in [0.2, 0.25) is 0 Å². The van der Waals surface area contributed by atoms with Gasteiger partial charge in [0, 0.05) is 13.0 Å². The van der Waals surface area contributed by atoms with Gasteiger partial charge in [-0.15, -0.1) is 0 Å². The fraction of sp³-hybridized carbons (Fsp3) is 0.778. The highest BCUT2D eigenvalue weighted by Gasteiger charge is 2.32. The van der Waals surface area contributed by atoms with Crippen LogP contribution in [0, 0.1) is 5.92 Å². The van der Waals surface area contributed by atoms with Gasteiger partial charge < -0.3 is 30.9 Å². The number of nitrogens with two attached hydrogens (primary N) is 1. The van der Waals surface area contributed by atoms with E-state index in [1.165, 1.54) is 0 Å². The van der Waals surface area contributed by atoms with E-state index >= 15 is 0 Å². The monoisotopic (exact) mass is 401 g/mol. The molecule has 0 aromatic rings. The summed E-state index contributed by atoms with van der Waals surface area (Å²) in [7, 11) is 1.61. The highest BCUT2D eigenvalue weighted by atomic mass is 16.5. The summed E-state index contributed by atoms with van der Waals surface area (Å²) in [6.07, 6.45) is 3.99. The Morgan fingerprint density at radius 2 is 1.75 bits per heavy atom. The second-order valence-corrected chi connectivity index (χ2v) is 7.04. The average Bonchev–Trinajstić information content (AvgIpc) is 2.65. The van der Waals surface area contributed by atoms with Crippen molar-refractivity contribution >= 4 is 23.8 Å². The van der Waals surface area contributed by atoms with Crippen LogP contribution >= 0.6 is 0 Å². The van der Waals surface area contributed by atoms with E-state index < -0.39 is 42.9 Å². The van der Waals surface area contributed by atoms with E-state index in [4.69, 9.17) is 15.6 Å². The number of carbonyl (C=O) groups is 4. The van der Waals surface area contributed by atoms with E-state index in [1.54, 1.807) is 7.11 Å². The third kappa shape index (κ3) is 8.22. The topological polar surface area (TPSA) is 159 Å². The molecule has 0 heterocycles. The number of unbranched alkanes of at least 4 members (excludes halogenated alkanes) is 1. The standard InChI is InChI=1S/C18H31N3O7/c1-28-13-7-5-12(6-8-13)17(25)21(11-16(23)24)10-15(22)20-14(18(26)27)4-2-3-9-19/h12-14H,2-11,19H2,1H3,(H,20,22)(H,23,24)(H,26,27)/t12?,13?,14-/m1/s1. The average molecular weight is 401 g/mol. The Balaban J connectivity index is 2.68. The van der Waals surface area contributed by atoms with Gasteiger partial charge in [0.1, 0.15) is 19.1 Å². The first-order valence-electron chi connectivity index (χ1n) is 9.54. The molecule has 10 heteroatoms. The molecule has 0 aliphatic heterocycles. The van der Waals surface area contributed by atoms with Crippen molar-refractivity contribution < 1.29 is 34.1 Å². The van der Waals surface area contributed by atoms with E-state index in [0.29, 0.717) is 45.1 Å². The van der Waals surface area contributed by atoms with E-state index in [2.05, 4.69) is 5.32 Å². The van der Waals surface area contributed by atoms with Crippen LogP contribution in [-0.2, 0) is 23.9 Å². The van der Waals surface area contributed by atoms with Crippen molar-refractivity contribution in [2.24, 2.45) is 11.7 Å². The zero-order chi connectivity index (χ0) is 21.1. The first kappa shape index (κ1) is 23.8. The van der Waals surface area contributed by atoms with Gasteiger partial charge in [-0.25, -0.2) is 4.79 Å². The number of hydrogen-bond donors (Lipinski definition) is 4. The molecule has 1 fully saturated rings. The van der Waals surface area contributed by atoms with Crippen molar-refractivity contribution in [1.29, 1.82) is 0 Å². The molecule has 0 bridgehead atoms. The third-order valence-corrected chi connectivity index (χ3v) is 4.91. The number of hydrogen-bond acceptors (Lipinski definition) is 6. The maximum atomic E-state index is 12.7. The molecule has 5 N–H and O–H groups in total. The van der Waals surface area contributed by atoms with Crippen LogP contribution in [0.15, 0.2) is 0 Å². The number of carboxylic acids is 2. The Labute approximate surface area is 164 Å². The molecule has 10 nitrogen and oxygen atoms in total. The highest BCUT2D eigenvalue weighted by molar-refractivity contribution is 5.90. The molecule has 1 aliphatic rings. The Morgan fingerprint density at radius 3 is 2.25 bits per heavy atom. The van der Waals surface area contributed by atoms with Gasteiger partial charge in [0.2, 0.25) is 11.8 Å². The fourth-order valence-corrected chi connectivity index (χ4v) is 3.34. The lowest BCUT2D eigenvalue weighted by Gasteiger charge is -2.31. The number of rotatable bonds is 12. The van der Waals surface area contributed by atoms with Gasteiger partial charge in [-0.1, -0.05) is 0 Å². The van der Waals surface area contributed by atoms with Gasteiger partial charge >= 0.3 is 11.9 Å². The first-order chi connectivity index (χ1) is 13.3. The highest BCUT2D eigenvalue weighted by Crippen LogP contribution is 2.27. The van der Waals surface area contributed by atoms with Crippen molar-refractivity contribution in [3.8, 4) is 0 Å². The summed E-state index contributed by atoms with van der Waals surface area (Å²) in [4.78, 5) is 48.4. The Morgan fingerprint density at radius 1 is 1.11 bits per heavy atom. The molecule has 0 unspecified atom stereocenters. The molecule has 0 spiro atoms. The van der Waals surface area contributed by atoms with Crippen LogP contribution in [0.5, 0.6) is 0 Å². The molecule has 0 radical (unpaired) electrons. The minimum Gasteiger partial charge on any atom is -0.480 e. The van der Waals surface area contributed by atoms with E-state index in [-0.39, 0.29) is 18.4 Å². The summed E-state index contributed by atoms with van der Waals surface area (Å²) in [5, 5.41) is 20.7. The number of nitrogens with zero attached hydrogens (tertiary/aromatic N) is 1. The van der Waals surface area contributed by atoms with E-state index in [9.17, 15) is 24.3 Å². The number of amides is 2. The quantitative estimate of drug-likeness (QED) is 0.327. The van der Waals surface area contributed by atoms with Crippen LogP contribution in [0.4, 0.5) is 0 Å². The molecular weight excluding hydrogens is 370 g/mol. The summed E-state index contributed by atoms with van der Waals surface area (Å²) < 4.78 is 5.27. The van der Waals surface area contributed by atoms with Gasteiger partial charge in [0.05, 0.1) is 6.10 Å². The molecule has 160 valence electrons. The summed E-state index contributed by atoms with van der Waals surface area (Å²) in [6, 6.07) is -1.10. The van der Waals surface area contributed by atoms with Crippen LogP contribution in [0.1, 0.15) is 44.9 Å². The lowest BCUT2D eigenvalue weighted by Crippen LogP contribution is -2.49. The van der Waals surface area contributed by atoms with E-state index in [0.717, 1.165) is 4.90 Å². The van der Waals surface area contributed by atoms with Crippen molar-refractivity contribution in [1.82, 2.24) is 10.2 Å².